The van der Waals surface area contributed by atoms with Crippen LogP contribution in [0, 0.1) is 0 Å². The van der Waals surface area contributed by atoms with E-state index < -0.39 is 5.97 Å². The van der Waals surface area contributed by atoms with E-state index in [0.717, 1.165) is 0 Å². The van der Waals surface area contributed by atoms with E-state index in [0.29, 0.717) is 23.1 Å². The maximum atomic E-state index is 11.8. The second kappa shape index (κ2) is 6.85. The maximum absolute atomic E-state index is 11.8. The average Bonchev–Trinajstić information content (AvgIpc) is 2.29. The number of carboxylic acids is 1. The molecular weight excluding hydrogens is 324 g/mol. The van der Waals surface area contributed by atoms with Gasteiger partial charge in [0.05, 0.1) is 5.56 Å². The van der Waals surface area contributed by atoms with Crippen LogP contribution in [0.3, 0.4) is 0 Å². The standard InChI is InChI=1S/C14H19BrN2O3/c1-14(2,3)16-7-6-12(18)17-9-4-5-11(15)10(8-9)13(19)20/h4-5,8,16H,6-7H2,1-3H3,(H,17,18)(H,19,20). The molecule has 0 saturated heterocycles. The second-order valence-electron chi connectivity index (χ2n) is 5.47. The van der Waals surface area contributed by atoms with Crippen molar-refractivity contribution < 1.29 is 14.7 Å². The third kappa shape index (κ3) is 5.71. The Labute approximate surface area is 126 Å². The van der Waals surface area contributed by atoms with Crippen molar-refractivity contribution in [2.45, 2.75) is 32.7 Å². The van der Waals surface area contributed by atoms with Crippen molar-refractivity contribution in [3.05, 3.63) is 28.2 Å². The number of anilines is 1. The van der Waals surface area contributed by atoms with E-state index in [1.807, 2.05) is 20.8 Å². The molecule has 1 aromatic rings. The Morgan fingerprint density at radius 1 is 1.30 bits per heavy atom. The second-order valence-corrected chi connectivity index (χ2v) is 6.33. The number of carbonyl (C=O) groups is 2. The van der Waals surface area contributed by atoms with Gasteiger partial charge in [-0.25, -0.2) is 4.79 Å². The normalized spacial score (nSPS) is 11.2. The lowest BCUT2D eigenvalue weighted by Gasteiger charge is -2.20. The summed E-state index contributed by atoms with van der Waals surface area (Å²) in [6.07, 6.45) is 0.329. The van der Waals surface area contributed by atoms with Gasteiger partial charge in [-0.05, 0) is 54.9 Å². The van der Waals surface area contributed by atoms with Gasteiger partial charge in [-0.1, -0.05) is 0 Å². The number of carbonyl (C=O) groups excluding carboxylic acids is 1. The van der Waals surface area contributed by atoms with Crippen molar-refractivity contribution in [3.8, 4) is 0 Å². The minimum absolute atomic E-state index is 0.0334. The van der Waals surface area contributed by atoms with Crippen molar-refractivity contribution >= 4 is 33.5 Å². The Bertz CT molecular complexity index is 510. The summed E-state index contributed by atoms with van der Waals surface area (Å²) in [4.78, 5) is 22.7. The van der Waals surface area contributed by atoms with Crippen LogP contribution >= 0.6 is 15.9 Å². The molecule has 0 fully saturated rings. The summed E-state index contributed by atoms with van der Waals surface area (Å²) in [5, 5.41) is 14.9. The third-order valence-electron chi connectivity index (χ3n) is 2.49. The summed E-state index contributed by atoms with van der Waals surface area (Å²) in [7, 11) is 0. The minimum atomic E-state index is -1.04. The highest BCUT2D eigenvalue weighted by atomic mass is 79.9. The van der Waals surface area contributed by atoms with E-state index >= 15 is 0 Å². The van der Waals surface area contributed by atoms with Crippen LogP contribution in [0.1, 0.15) is 37.6 Å². The van der Waals surface area contributed by atoms with E-state index in [1.165, 1.54) is 6.07 Å². The van der Waals surface area contributed by atoms with E-state index in [1.54, 1.807) is 12.1 Å². The van der Waals surface area contributed by atoms with Crippen molar-refractivity contribution in [1.29, 1.82) is 0 Å². The van der Waals surface area contributed by atoms with E-state index in [4.69, 9.17) is 5.11 Å². The van der Waals surface area contributed by atoms with Crippen LogP contribution in [0.4, 0.5) is 5.69 Å². The molecule has 1 aromatic carbocycles. The minimum Gasteiger partial charge on any atom is -0.478 e. The Hall–Kier alpha value is -1.40. The number of carboxylic acid groups (broad SMARTS) is 1. The summed E-state index contributed by atoms with van der Waals surface area (Å²) in [5.41, 5.74) is 0.566. The summed E-state index contributed by atoms with van der Waals surface area (Å²) in [5.74, 6) is -1.19. The summed E-state index contributed by atoms with van der Waals surface area (Å²) in [6, 6.07) is 4.69. The lowest BCUT2D eigenvalue weighted by Crippen LogP contribution is -2.37. The highest BCUT2D eigenvalue weighted by Crippen LogP contribution is 2.21. The Balaban J connectivity index is 2.58. The first-order valence-electron chi connectivity index (χ1n) is 6.27. The molecule has 0 atom stereocenters. The average molecular weight is 343 g/mol. The van der Waals surface area contributed by atoms with Crippen LogP contribution in [0.15, 0.2) is 22.7 Å². The molecule has 1 amide bonds. The van der Waals surface area contributed by atoms with Crippen molar-refractivity contribution in [1.82, 2.24) is 5.32 Å². The first kappa shape index (κ1) is 16.7. The van der Waals surface area contributed by atoms with Gasteiger partial charge < -0.3 is 15.7 Å². The molecule has 0 unspecified atom stereocenters. The van der Waals surface area contributed by atoms with Gasteiger partial charge in [0.25, 0.3) is 0 Å². The molecule has 0 aromatic heterocycles. The molecule has 0 aliphatic carbocycles. The van der Waals surface area contributed by atoms with Gasteiger partial charge >= 0.3 is 5.97 Å². The topological polar surface area (TPSA) is 78.4 Å². The maximum Gasteiger partial charge on any atom is 0.336 e. The van der Waals surface area contributed by atoms with Crippen LogP contribution in [-0.2, 0) is 4.79 Å². The number of aromatic carboxylic acids is 1. The fourth-order valence-corrected chi connectivity index (χ4v) is 1.96. The summed E-state index contributed by atoms with van der Waals surface area (Å²) in [6.45, 7) is 6.65. The van der Waals surface area contributed by atoms with Crippen molar-refractivity contribution in [2.75, 3.05) is 11.9 Å². The molecule has 110 valence electrons. The Morgan fingerprint density at radius 2 is 1.95 bits per heavy atom. The van der Waals surface area contributed by atoms with Gasteiger partial charge in [0.1, 0.15) is 0 Å². The number of hydrogen-bond acceptors (Lipinski definition) is 3. The molecule has 0 radical (unpaired) electrons. The van der Waals surface area contributed by atoms with Crippen molar-refractivity contribution in [2.24, 2.45) is 0 Å². The molecule has 3 N–H and O–H groups in total. The third-order valence-corrected chi connectivity index (χ3v) is 3.18. The molecule has 0 aliphatic heterocycles. The fraction of sp³-hybridized carbons (Fsp3) is 0.429. The van der Waals surface area contributed by atoms with E-state index in [-0.39, 0.29) is 17.0 Å². The predicted octanol–water partition coefficient (Wildman–Crippen LogP) is 2.86. The van der Waals surface area contributed by atoms with Gasteiger partial charge in [0, 0.05) is 28.7 Å². The molecule has 0 aliphatic rings. The van der Waals surface area contributed by atoms with Gasteiger partial charge in [0.15, 0.2) is 0 Å². The zero-order valence-corrected chi connectivity index (χ0v) is 13.4. The zero-order valence-electron chi connectivity index (χ0n) is 11.8. The van der Waals surface area contributed by atoms with Crippen LogP contribution in [-0.4, -0.2) is 29.1 Å². The van der Waals surface area contributed by atoms with Gasteiger partial charge in [-0.2, -0.15) is 0 Å². The summed E-state index contributed by atoms with van der Waals surface area (Å²) < 4.78 is 0.484. The van der Waals surface area contributed by atoms with E-state index in [2.05, 4.69) is 26.6 Å². The largest absolute Gasteiger partial charge is 0.478 e. The Morgan fingerprint density at radius 3 is 2.50 bits per heavy atom. The summed E-state index contributed by atoms with van der Waals surface area (Å²) >= 11 is 3.16. The van der Waals surface area contributed by atoms with Gasteiger partial charge in [-0.3, -0.25) is 4.79 Å². The van der Waals surface area contributed by atoms with Gasteiger partial charge in [0.2, 0.25) is 5.91 Å². The predicted molar refractivity (Wildman–Crippen MR) is 82.1 cm³/mol. The first-order valence-corrected chi connectivity index (χ1v) is 7.06. The first-order chi connectivity index (χ1) is 9.19. The van der Waals surface area contributed by atoms with E-state index in [9.17, 15) is 9.59 Å². The zero-order chi connectivity index (χ0) is 15.3. The Kier molecular flexibility index (Phi) is 5.71. The molecule has 1 rings (SSSR count). The smallest absolute Gasteiger partial charge is 0.336 e. The van der Waals surface area contributed by atoms with Crippen molar-refractivity contribution in [3.63, 3.8) is 0 Å². The number of nitrogens with one attached hydrogen (secondary N) is 2. The molecular formula is C14H19BrN2O3. The fourth-order valence-electron chi connectivity index (χ4n) is 1.54. The number of amides is 1. The highest BCUT2D eigenvalue weighted by Gasteiger charge is 2.12. The van der Waals surface area contributed by atoms with Crippen LogP contribution in [0.5, 0.6) is 0 Å². The van der Waals surface area contributed by atoms with Crippen LogP contribution in [0.2, 0.25) is 0 Å². The lowest BCUT2D eigenvalue weighted by molar-refractivity contribution is -0.116. The lowest BCUT2D eigenvalue weighted by atomic mass is 10.1. The quantitative estimate of drug-likeness (QED) is 0.768. The van der Waals surface area contributed by atoms with Crippen LogP contribution < -0.4 is 10.6 Å². The molecule has 5 nitrogen and oxygen atoms in total. The molecule has 6 heteroatoms. The van der Waals surface area contributed by atoms with Gasteiger partial charge in [-0.15, -0.1) is 0 Å². The number of rotatable bonds is 5. The molecule has 0 spiro atoms. The molecule has 0 heterocycles. The molecule has 0 saturated carbocycles. The molecule has 0 bridgehead atoms. The number of halogens is 1. The molecule has 20 heavy (non-hydrogen) atoms. The number of benzene rings is 1. The monoisotopic (exact) mass is 342 g/mol. The van der Waals surface area contributed by atoms with Crippen LogP contribution in [0.25, 0.3) is 0 Å². The number of hydrogen-bond donors (Lipinski definition) is 3. The SMILES string of the molecule is CC(C)(C)NCCC(=O)Nc1ccc(Br)c(C(=O)O)c1. The highest BCUT2D eigenvalue weighted by molar-refractivity contribution is 9.10.